The van der Waals surface area contributed by atoms with Gasteiger partial charge >= 0.3 is 6.09 Å². The van der Waals surface area contributed by atoms with Gasteiger partial charge in [-0.15, -0.1) is 0 Å². The van der Waals surface area contributed by atoms with E-state index in [4.69, 9.17) is 4.74 Å². The normalized spacial score (nSPS) is 17.9. The predicted molar refractivity (Wildman–Crippen MR) is 71.7 cm³/mol. The highest BCUT2D eigenvalue weighted by atomic mass is 16.6. The number of hydrogen-bond donors (Lipinski definition) is 3. The second-order valence-corrected chi connectivity index (χ2v) is 5.75. The van der Waals surface area contributed by atoms with Crippen molar-refractivity contribution < 1.29 is 14.6 Å². The highest BCUT2D eigenvalue weighted by Crippen LogP contribution is 2.32. The zero-order valence-electron chi connectivity index (χ0n) is 11.5. The molecule has 0 saturated carbocycles. The number of carbonyl (C=O) groups is 1. The number of rotatable bonds is 2. The standard InChI is InChI=1S/C14H20N2O3/c1-14(2,3)19-13(18)16-15-12-7-4-9-8-10(17)5-6-11(9)12/h5-6,8,12,15,17H,4,7H2,1-3H3,(H,16,18). The molecule has 1 aromatic rings. The summed E-state index contributed by atoms with van der Waals surface area (Å²) in [5.41, 5.74) is 7.25. The molecule has 1 amide bonds. The molecule has 5 heteroatoms. The van der Waals surface area contributed by atoms with Gasteiger partial charge in [0.25, 0.3) is 0 Å². The summed E-state index contributed by atoms with van der Waals surface area (Å²) >= 11 is 0. The van der Waals surface area contributed by atoms with Crippen molar-refractivity contribution in [3.8, 4) is 5.75 Å². The summed E-state index contributed by atoms with van der Waals surface area (Å²) in [6.07, 6.45) is 1.28. The van der Waals surface area contributed by atoms with Crippen LogP contribution in [0.15, 0.2) is 18.2 Å². The number of carbonyl (C=O) groups excluding carboxylic acids is 1. The fraction of sp³-hybridized carbons (Fsp3) is 0.500. The van der Waals surface area contributed by atoms with Crippen LogP contribution in [-0.2, 0) is 11.2 Å². The Hall–Kier alpha value is -1.75. The molecule has 0 aliphatic heterocycles. The Bertz CT molecular complexity index is 480. The highest BCUT2D eigenvalue weighted by molar-refractivity contribution is 5.67. The zero-order valence-corrected chi connectivity index (χ0v) is 11.5. The molecule has 2 rings (SSSR count). The summed E-state index contributed by atoms with van der Waals surface area (Å²) in [6, 6.07) is 5.37. The van der Waals surface area contributed by atoms with Gasteiger partial charge in [0.05, 0.1) is 6.04 Å². The lowest BCUT2D eigenvalue weighted by Gasteiger charge is -2.21. The number of hydrazine groups is 1. The molecule has 0 fully saturated rings. The second kappa shape index (κ2) is 5.09. The minimum atomic E-state index is -0.509. The first-order valence-electron chi connectivity index (χ1n) is 6.41. The smallest absolute Gasteiger partial charge is 0.422 e. The van der Waals surface area contributed by atoms with Crippen molar-refractivity contribution in [2.24, 2.45) is 0 Å². The van der Waals surface area contributed by atoms with Gasteiger partial charge in [0.2, 0.25) is 0 Å². The molecular weight excluding hydrogens is 244 g/mol. The first kappa shape index (κ1) is 13.7. The van der Waals surface area contributed by atoms with Crippen molar-refractivity contribution >= 4 is 6.09 Å². The number of phenols is 1. The first-order valence-corrected chi connectivity index (χ1v) is 6.41. The Labute approximate surface area is 112 Å². The number of phenolic OH excluding ortho intramolecular Hbond substituents is 1. The summed E-state index contributed by atoms with van der Waals surface area (Å²) in [4.78, 5) is 11.5. The van der Waals surface area contributed by atoms with E-state index in [9.17, 15) is 9.90 Å². The number of hydrogen-bond acceptors (Lipinski definition) is 4. The van der Waals surface area contributed by atoms with Gasteiger partial charge in [-0.1, -0.05) is 6.07 Å². The SMILES string of the molecule is CC(C)(C)OC(=O)NNC1CCc2cc(O)ccc21. The fourth-order valence-electron chi connectivity index (χ4n) is 2.20. The van der Waals surface area contributed by atoms with Crippen LogP contribution in [0.1, 0.15) is 44.4 Å². The summed E-state index contributed by atoms with van der Waals surface area (Å²) in [7, 11) is 0. The van der Waals surface area contributed by atoms with Gasteiger partial charge in [0, 0.05) is 0 Å². The maximum Gasteiger partial charge on any atom is 0.422 e. The maximum absolute atomic E-state index is 11.5. The number of nitrogens with one attached hydrogen (secondary N) is 2. The Balaban J connectivity index is 1.91. The zero-order chi connectivity index (χ0) is 14.0. The lowest BCUT2D eigenvalue weighted by molar-refractivity contribution is 0.0487. The van der Waals surface area contributed by atoms with Gasteiger partial charge in [0.15, 0.2) is 0 Å². The molecule has 1 aliphatic carbocycles. The molecule has 0 spiro atoms. The summed E-state index contributed by atoms with van der Waals surface area (Å²) < 4.78 is 5.15. The third-order valence-corrected chi connectivity index (χ3v) is 2.95. The molecule has 19 heavy (non-hydrogen) atoms. The molecule has 0 aromatic heterocycles. The third kappa shape index (κ3) is 3.61. The minimum Gasteiger partial charge on any atom is -0.508 e. The van der Waals surface area contributed by atoms with Crippen molar-refractivity contribution in [1.82, 2.24) is 10.9 Å². The van der Waals surface area contributed by atoms with Crippen molar-refractivity contribution in [2.75, 3.05) is 0 Å². The minimum absolute atomic E-state index is 0.0584. The topological polar surface area (TPSA) is 70.6 Å². The predicted octanol–water partition coefficient (Wildman–Crippen LogP) is 2.41. The summed E-state index contributed by atoms with van der Waals surface area (Å²) in [6.45, 7) is 5.46. The molecule has 0 radical (unpaired) electrons. The third-order valence-electron chi connectivity index (χ3n) is 2.95. The van der Waals surface area contributed by atoms with Gasteiger partial charge in [-0.2, -0.15) is 0 Å². The maximum atomic E-state index is 11.5. The van der Waals surface area contributed by atoms with Crippen LogP contribution in [0.25, 0.3) is 0 Å². The van der Waals surface area contributed by atoms with Crippen LogP contribution in [0.5, 0.6) is 5.75 Å². The molecular formula is C14H20N2O3. The Kier molecular flexibility index (Phi) is 3.66. The van der Waals surface area contributed by atoms with Gasteiger partial charge in [-0.3, -0.25) is 5.43 Å². The Morgan fingerprint density at radius 1 is 1.42 bits per heavy atom. The van der Waals surface area contributed by atoms with E-state index in [-0.39, 0.29) is 11.8 Å². The van der Waals surface area contributed by atoms with E-state index < -0.39 is 11.7 Å². The van der Waals surface area contributed by atoms with Gasteiger partial charge < -0.3 is 9.84 Å². The van der Waals surface area contributed by atoms with E-state index in [1.165, 1.54) is 0 Å². The molecule has 1 aliphatic rings. The number of ether oxygens (including phenoxy) is 1. The molecule has 1 atom stereocenters. The molecule has 3 N–H and O–H groups in total. The van der Waals surface area contributed by atoms with Crippen LogP contribution in [0.4, 0.5) is 4.79 Å². The summed E-state index contributed by atoms with van der Waals surface area (Å²) in [5, 5.41) is 9.42. The number of benzene rings is 1. The van der Waals surface area contributed by atoms with Crippen LogP contribution in [0, 0.1) is 0 Å². The summed E-state index contributed by atoms with van der Waals surface area (Å²) in [5.74, 6) is 0.277. The van der Waals surface area contributed by atoms with Crippen molar-refractivity contribution in [3.05, 3.63) is 29.3 Å². The molecule has 1 unspecified atom stereocenters. The number of fused-ring (bicyclic) bond motifs is 1. The first-order chi connectivity index (χ1) is 8.85. The van der Waals surface area contributed by atoms with Crippen molar-refractivity contribution in [3.63, 3.8) is 0 Å². The fourth-order valence-corrected chi connectivity index (χ4v) is 2.20. The van der Waals surface area contributed by atoms with E-state index in [0.29, 0.717) is 0 Å². The molecule has 0 bridgehead atoms. The number of amides is 1. The lowest BCUT2D eigenvalue weighted by atomic mass is 10.1. The van der Waals surface area contributed by atoms with Crippen LogP contribution in [-0.4, -0.2) is 16.8 Å². The largest absolute Gasteiger partial charge is 0.508 e. The quantitative estimate of drug-likeness (QED) is 0.717. The van der Waals surface area contributed by atoms with Crippen molar-refractivity contribution in [1.29, 1.82) is 0 Å². The number of aryl methyl sites for hydroxylation is 1. The van der Waals surface area contributed by atoms with E-state index in [1.807, 2.05) is 26.8 Å². The molecule has 1 aromatic carbocycles. The average molecular weight is 264 g/mol. The van der Waals surface area contributed by atoms with Gasteiger partial charge in [-0.05, 0) is 56.9 Å². The van der Waals surface area contributed by atoms with Crippen LogP contribution >= 0.6 is 0 Å². The second-order valence-electron chi connectivity index (χ2n) is 5.75. The molecule has 104 valence electrons. The van der Waals surface area contributed by atoms with Gasteiger partial charge in [-0.25, -0.2) is 10.2 Å². The highest BCUT2D eigenvalue weighted by Gasteiger charge is 2.24. The van der Waals surface area contributed by atoms with Crippen LogP contribution in [0.3, 0.4) is 0 Å². The van der Waals surface area contributed by atoms with E-state index >= 15 is 0 Å². The molecule has 0 heterocycles. The molecule has 0 saturated heterocycles. The molecule has 5 nitrogen and oxygen atoms in total. The van der Waals surface area contributed by atoms with Crippen molar-refractivity contribution in [2.45, 2.75) is 45.3 Å². The average Bonchev–Trinajstić information content (AvgIpc) is 2.66. The number of aromatic hydroxyl groups is 1. The van der Waals surface area contributed by atoms with E-state index in [0.717, 1.165) is 24.0 Å². The Morgan fingerprint density at radius 2 is 2.16 bits per heavy atom. The van der Waals surface area contributed by atoms with E-state index in [2.05, 4.69) is 10.9 Å². The van der Waals surface area contributed by atoms with Gasteiger partial charge in [0.1, 0.15) is 11.4 Å². The van der Waals surface area contributed by atoms with Crippen LogP contribution in [0.2, 0.25) is 0 Å². The monoisotopic (exact) mass is 264 g/mol. The van der Waals surface area contributed by atoms with Crippen LogP contribution < -0.4 is 10.9 Å². The van der Waals surface area contributed by atoms with E-state index in [1.54, 1.807) is 12.1 Å². The lowest BCUT2D eigenvalue weighted by Crippen LogP contribution is -2.42. The Morgan fingerprint density at radius 3 is 2.84 bits per heavy atom.